The van der Waals surface area contributed by atoms with Gasteiger partial charge in [-0.1, -0.05) is 42.5 Å². The van der Waals surface area contributed by atoms with E-state index < -0.39 is 0 Å². The Kier molecular flexibility index (Phi) is 5.26. The maximum atomic E-state index is 14.0. The molecule has 4 rings (SSSR count). The Labute approximate surface area is 164 Å². The van der Waals surface area contributed by atoms with Gasteiger partial charge in [-0.3, -0.25) is 9.69 Å². The second-order valence-electron chi connectivity index (χ2n) is 7.20. The number of hydrogen-bond donors (Lipinski definition) is 1. The molecule has 144 valence electrons. The highest BCUT2D eigenvalue weighted by Crippen LogP contribution is 2.22. The SMILES string of the molecule is C[C@@H](C(=O)Nc1ccc2ccccc2c1)N1CCN(c2ccccc2F)CC1. The molecule has 0 saturated carbocycles. The van der Waals surface area contributed by atoms with Crippen LogP contribution in [-0.2, 0) is 4.79 Å². The van der Waals surface area contributed by atoms with E-state index in [-0.39, 0.29) is 17.8 Å². The first kappa shape index (κ1) is 18.4. The third-order valence-corrected chi connectivity index (χ3v) is 5.45. The summed E-state index contributed by atoms with van der Waals surface area (Å²) in [5, 5.41) is 5.28. The van der Waals surface area contributed by atoms with Crippen molar-refractivity contribution in [1.29, 1.82) is 0 Å². The van der Waals surface area contributed by atoms with E-state index in [2.05, 4.69) is 16.3 Å². The van der Waals surface area contributed by atoms with Crippen molar-refractivity contribution in [2.75, 3.05) is 36.4 Å². The number of para-hydroxylation sites is 1. The zero-order valence-corrected chi connectivity index (χ0v) is 15.9. The van der Waals surface area contributed by atoms with Gasteiger partial charge in [-0.05, 0) is 42.0 Å². The fraction of sp³-hybridized carbons (Fsp3) is 0.261. The Balaban J connectivity index is 1.37. The minimum Gasteiger partial charge on any atom is -0.367 e. The summed E-state index contributed by atoms with van der Waals surface area (Å²) < 4.78 is 14.0. The van der Waals surface area contributed by atoms with Crippen molar-refractivity contribution in [3.05, 3.63) is 72.5 Å². The van der Waals surface area contributed by atoms with Crippen LogP contribution in [0.5, 0.6) is 0 Å². The van der Waals surface area contributed by atoms with Crippen molar-refractivity contribution in [2.45, 2.75) is 13.0 Å². The second kappa shape index (κ2) is 7.98. The van der Waals surface area contributed by atoms with Crippen LogP contribution in [0.4, 0.5) is 15.8 Å². The maximum absolute atomic E-state index is 14.0. The van der Waals surface area contributed by atoms with Gasteiger partial charge in [0, 0.05) is 31.9 Å². The van der Waals surface area contributed by atoms with Crippen LogP contribution in [0.1, 0.15) is 6.92 Å². The summed E-state index contributed by atoms with van der Waals surface area (Å²) in [6.45, 7) is 4.78. The molecule has 4 nitrogen and oxygen atoms in total. The van der Waals surface area contributed by atoms with Crippen LogP contribution in [0.2, 0.25) is 0 Å². The number of amides is 1. The number of nitrogens with zero attached hydrogens (tertiary/aromatic N) is 2. The third-order valence-electron chi connectivity index (χ3n) is 5.45. The van der Waals surface area contributed by atoms with Crippen molar-refractivity contribution in [3.63, 3.8) is 0 Å². The summed E-state index contributed by atoms with van der Waals surface area (Å²) in [6.07, 6.45) is 0. The van der Waals surface area contributed by atoms with Gasteiger partial charge in [0.2, 0.25) is 5.91 Å². The van der Waals surface area contributed by atoms with Crippen LogP contribution in [0.15, 0.2) is 66.7 Å². The van der Waals surface area contributed by atoms with E-state index in [4.69, 9.17) is 0 Å². The number of carbonyl (C=O) groups is 1. The zero-order chi connectivity index (χ0) is 19.5. The number of piperazine rings is 1. The van der Waals surface area contributed by atoms with Gasteiger partial charge in [0.05, 0.1) is 11.7 Å². The van der Waals surface area contributed by atoms with E-state index in [1.807, 2.05) is 54.3 Å². The van der Waals surface area contributed by atoms with Crippen LogP contribution in [-0.4, -0.2) is 43.0 Å². The van der Waals surface area contributed by atoms with Crippen LogP contribution in [0, 0.1) is 5.82 Å². The van der Waals surface area contributed by atoms with E-state index in [0.29, 0.717) is 18.8 Å². The quantitative estimate of drug-likeness (QED) is 0.743. The molecule has 1 aliphatic heterocycles. The Morgan fingerprint density at radius 1 is 0.929 bits per heavy atom. The molecule has 3 aromatic rings. The summed E-state index contributed by atoms with van der Waals surface area (Å²) in [5.41, 5.74) is 1.44. The maximum Gasteiger partial charge on any atom is 0.241 e. The predicted molar refractivity (Wildman–Crippen MR) is 112 cm³/mol. The first-order valence-corrected chi connectivity index (χ1v) is 9.65. The molecule has 1 N–H and O–H groups in total. The molecule has 0 radical (unpaired) electrons. The molecule has 0 bridgehead atoms. The van der Waals surface area contributed by atoms with Gasteiger partial charge in [-0.15, -0.1) is 0 Å². The molecular weight excluding hydrogens is 353 g/mol. The van der Waals surface area contributed by atoms with Crippen LogP contribution in [0.25, 0.3) is 10.8 Å². The van der Waals surface area contributed by atoms with Crippen molar-refractivity contribution < 1.29 is 9.18 Å². The zero-order valence-electron chi connectivity index (χ0n) is 15.9. The first-order chi connectivity index (χ1) is 13.6. The largest absolute Gasteiger partial charge is 0.367 e. The number of carbonyl (C=O) groups excluding carboxylic acids is 1. The molecule has 1 aliphatic rings. The number of hydrogen-bond acceptors (Lipinski definition) is 3. The lowest BCUT2D eigenvalue weighted by Crippen LogP contribution is -2.53. The first-order valence-electron chi connectivity index (χ1n) is 9.65. The van der Waals surface area contributed by atoms with Crippen molar-refractivity contribution in [3.8, 4) is 0 Å². The molecule has 1 saturated heterocycles. The minimum atomic E-state index is -0.241. The third kappa shape index (κ3) is 3.85. The summed E-state index contributed by atoms with van der Waals surface area (Å²) in [7, 11) is 0. The van der Waals surface area contributed by atoms with Crippen molar-refractivity contribution in [1.82, 2.24) is 4.90 Å². The number of halogens is 1. The molecule has 5 heteroatoms. The van der Waals surface area contributed by atoms with Gasteiger partial charge in [-0.2, -0.15) is 0 Å². The van der Waals surface area contributed by atoms with Gasteiger partial charge in [0.15, 0.2) is 0 Å². The summed E-state index contributed by atoms with van der Waals surface area (Å²) in [5.74, 6) is -0.215. The Hall–Kier alpha value is -2.92. The average molecular weight is 377 g/mol. The Bertz CT molecular complexity index is 982. The molecule has 0 aromatic heterocycles. The fourth-order valence-corrected chi connectivity index (χ4v) is 3.74. The summed E-state index contributed by atoms with van der Waals surface area (Å²) in [6, 6.07) is 20.6. The predicted octanol–water partition coefficient (Wildman–Crippen LogP) is 4.13. The lowest BCUT2D eigenvalue weighted by atomic mass is 10.1. The monoisotopic (exact) mass is 377 g/mol. The number of fused-ring (bicyclic) bond motifs is 1. The number of rotatable bonds is 4. The summed E-state index contributed by atoms with van der Waals surface area (Å²) in [4.78, 5) is 16.9. The standard InChI is InChI=1S/C23H24FN3O/c1-17(23(28)25-20-11-10-18-6-2-3-7-19(18)16-20)26-12-14-27(15-13-26)22-9-5-4-8-21(22)24/h2-11,16-17H,12-15H2,1H3,(H,25,28)/t17-/m0/s1. The lowest BCUT2D eigenvalue weighted by molar-refractivity contribution is -0.120. The Morgan fingerprint density at radius 2 is 1.61 bits per heavy atom. The number of benzene rings is 3. The molecule has 0 unspecified atom stereocenters. The van der Waals surface area contributed by atoms with Crippen LogP contribution < -0.4 is 10.2 Å². The van der Waals surface area contributed by atoms with Crippen LogP contribution in [0.3, 0.4) is 0 Å². The molecule has 1 heterocycles. The average Bonchev–Trinajstić information content (AvgIpc) is 2.73. The van der Waals surface area contributed by atoms with E-state index in [9.17, 15) is 9.18 Å². The van der Waals surface area contributed by atoms with E-state index in [1.165, 1.54) is 6.07 Å². The van der Waals surface area contributed by atoms with Crippen LogP contribution >= 0.6 is 0 Å². The number of anilines is 2. The second-order valence-corrected chi connectivity index (χ2v) is 7.20. The molecule has 3 aromatic carbocycles. The van der Waals surface area contributed by atoms with E-state index in [1.54, 1.807) is 12.1 Å². The van der Waals surface area contributed by atoms with Gasteiger partial charge in [-0.25, -0.2) is 4.39 Å². The van der Waals surface area contributed by atoms with Gasteiger partial charge in [0.25, 0.3) is 0 Å². The van der Waals surface area contributed by atoms with Gasteiger partial charge < -0.3 is 10.2 Å². The topological polar surface area (TPSA) is 35.6 Å². The highest BCUT2D eigenvalue weighted by Gasteiger charge is 2.26. The number of nitrogens with one attached hydrogen (secondary N) is 1. The molecule has 28 heavy (non-hydrogen) atoms. The molecule has 1 amide bonds. The normalized spacial score (nSPS) is 16.1. The lowest BCUT2D eigenvalue weighted by Gasteiger charge is -2.38. The van der Waals surface area contributed by atoms with Gasteiger partial charge >= 0.3 is 0 Å². The van der Waals surface area contributed by atoms with Gasteiger partial charge in [0.1, 0.15) is 5.82 Å². The molecule has 0 aliphatic carbocycles. The van der Waals surface area contributed by atoms with E-state index in [0.717, 1.165) is 29.5 Å². The fourth-order valence-electron chi connectivity index (χ4n) is 3.74. The molecule has 1 fully saturated rings. The minimum absolute atomic E-state index is 0.0189. The molecule has 0 spiro atoms. The smallest absolute Gasteiger partial charge is 0.241 e. The van der Waals surface area contributed by atoms with Crippen molar-refractivity contribution >= 4 is 28.1 Å². The van der Waals surface area contributed by atoms with Crippen molar-refractivity contribution in [2.24, 2.45) is 0 Å². The highest BCUT2D eigenvalue weighted by atomic mass is 19.1. The highest BCUT2D eigenvalue weighted by molar-refractivity contribution is 5.97. The van der Waals surface area contributed by atoms with E-state index >= 15 is 0 Å². The molecule has 1 atom stereocenters. The summed E-state index contributed by atoms with van der Waals surface area (Å²) >= 11 is 0. The Morgan fingerprint density at radius 3 is 2.36 bits per heavy atom. The molecular formula is C23H24FN3O.